The van der Waals surface area contributed by atoms with E-state index in [1.807, 2.05) is 13.0 Å². The molecule has 4 nitrogen and oxygen atoms in total. The monoisotopic (exact) mass is 290 g/mol. The molecule has 0 saturated carbocycles. The third kappa shape index (κ3) is 7.12. The lowest BCUT2D eigenvalue weighted by atomic mass is 10.1. The maximum absolute atomic E-state index is 9.88. The van der Waals surface area contributed by atoms with Gasteiger partial charge in [-0.15, -0.1) is 0 Å². The van der Waals surface area contributed by atoms with E-state index < -0.39 is 6.10 Å². The van der Waals surface area contributed by atoms with E-state index in [9.17, 15) is 5.11 Å². The summed E-state index contributed by atoms with van der Waals surface area (Å²) in [6, 6.07) is 7.59. The van der Waals surface area contributed by atoms with Gasteiger partial charge in [-0.05, 0) is 43.4 Å². The predicted molar refractivity (Wildman–Crippen MR) is 85.3 cm³/mol. The van der Waals surface area contributed by atoms with Crippen molar-refractivity contribution in [2.45, 2.75) is 39.7 Å². The van der Waals surface area contributed by atoms with Gasteiger partial charge in [-0.2, -0.15) is 5.26 Å². The molecule has 0 fully saturated rings. The maximum Gasteiger partial charge on any atom is 0.0992 e. The van der Waals surface area contributed by atoms with Crippen LogP contribution >= 0.6 is 0 Å². The molecule has 1 aromatic rings. The van der Waals surface area contributed by atoms with Crippen molar-refractivity contribution >= 4 is 5.69 Å². The summed E-state index contributed by atoms with van der Waals surface area (Å²) >= 11 is 0. The van der Waals surface area contributed by atoms with Gasteiger partial charge in [-0.1, -0.05) is 19.9 Å². The van der Waals surface area contributed by atoms with E-state index in [2.05, 4.69) is 25.2 Å². The first kappa shape index (κ1) is 17.5. The maximum atomic E-state index is 9.88. The Bertz CT molecular complexity index is 466. The van der Waals surface area contributed by atoms with Gasteiger partial charge in [0.15, 0.2) is 0 Å². The molecule has 21 heavy (non-hydrogen) atoms. The highest BCUT2D eigenvalue weighted by molar-refractivity contribution is 5.55. The number of hydrogen-bond donors (Lipinski definition) is 2. The number of anilines is 1. The Kier molecular flexibility index (Phi) is 7.81. The molecule has 116 valence electrons. The molecule has 0 heterocycles. The molecule has 1 atom stereocenters. The fourth-order valence-corrected chi connectivity index (χ4v) is 1.98. The molecule has 0 saturated heterocycles. The van der Waals surface area contributed by atoms with Gasteiger partial charge in [-0.3, -0.25) is 0 Å². The van der Waals surface area contributed by atoms with Crippen LogP contribution in [0.3, 0.4) is 0 Å². The van der Waals surface area contributed by atoms with Gasteiger partial charge >= 0.3 is 0 Å². The van der Waals surface area contributed by atoms with E-state index in [1.54, 1.807) is 12.1 Å². The number of rotatable bonds is 9. The highest BCUT2D eigenvalue weighted by Crippen LogP contribution is 2.16. The summed E-state index contributed by atoms with van der Waals surface area (Å²) < 4.78 is 5.47. The second-order valence-electron chi connectivity index (χ2n) is 5.79. The van der Waals surface area contributed by atoms with Gasteiger partial charge in [-0.25, -0.2) is 0 Å². The van der Waals surface area contributed by atoms with E-state index in [1.165, 1.54) is 0 Å². The lowest BCUT2D eigenvalue weighted by molar-refractivity contribution is 0.0409. The fourth-order valence-electron chi connectivity index (χ4n) is 1.98. The number of ether oxygens (including phenoxy) is 1. The first-order valence-electron chi connectivity index (χ1n) is 7.53. The van der Waals surface area contributed by atoms with Crippen LogP contribution in [0.1, 0.15) is 37.8 Å². The number of hydrogen-bond acceptors (Lipinski definition) is 4. The molecule has 0 bridgehead atoms. The number of nitriles is 1. The number of aryl methyl sites for hydroxylation is 1. The molecule has 0 aliphatic carbocycles. The molecule has 2 N–H and O–H groups in total. The smallest absolute Gasteiger partial charge is 0.0992 e. The van der Waals surface area contributed by atoms with Crippen molar-refractivity contribution in [3.63, 3.8) is 0 Å². The van der Waals surface area contributed by atoms with E-state index in [0.29, 0.717) is 31.2 Å². The number of nitrogens with zero attached hydrogens (tertiary/aromatic N) is 1. The minimum absolute atomic E-state index is 0.335. The average molecular weight is 290 g/mol. The van der Waals surface area contributed by atoms with Crippen LogP contribution in [0.2, 0.25) is 0 Å². The molecule has 0 spiro atoms. The second kappa shape index (κ2) is 9.38. The van der Waals surface area contributed by atoms with Gasteiger partial charge in [0.2, 0.25) is 0 Å². The molecule has 0 radical (unpaired) electrons. The lowest BCUT2D eigenvalue weighted by Gasteiger charge is -2.15. The Morgan fingerprint density at radius 2 is 2.14 bits per heavy atom. The summed E-state index contributed by atoms with van der Waals surface area (Å²) in [5.74, 6) is 0.690. The van der Waals surface area contributed by atoms with Gasteiger partial charge in [0, 0.05) is 18.8 Å². The quantitative estimate of drug-likeness (QED) is 0.686. The average Bonchev–Trinajstić information content (AvgIpc) is 2.45. The fraction of sp³-hybridized carbons (Fsp3) is 0.588. The van der Waals surface area contributed by atoms with Crippen LogP contribution < -0.4 is 5.32 Å². The Labute approximate surface area is 127 Å². The van der Waals surface area contributed by atoms with Crippen molar-refractivity contribution in [2.75, 3.05) is 25.1 Å². The SMILES string of the molecule is Cc1ccc(C#N)cc1NCC(O)COCCCC(C)C. The Morgan fingerprint density at radius 3 is 2.81 bits per heavy atom. The topological polar surface area (TPSA) is 65.3 Å². The summed E-state index contributed by atoms with van der Waals surface area (Å²) in [5, 5.41) is 21.9. The van der Waals surface area contributed by atoms with Crippen LogP contribution in [-0.2, 0) is 4.74 Å². The Balaban J connectivity index is 2.27. The van der Waals surface area contributed by atoms with Crippen molar-refractivity contribution in [1.82, 2.24) is 0 Å². The normalized spacial score (nSPS) is 12.2. The molecule has 0 aromatic heterocycles. The third-order valence-electron chi connectivity index (χ3n) is 3.28. The zero-order valence-corrected chi connectivity index (χ0v) is 13.2. The molecule has 1 unspecified atom stereocenters. The molecule has 1 aromatic carbocycles. The summed E-state index contributed by atoms with van der Waals surface area (Å²) in [6.45, 7) is 7.80. The first-order chi connectivity index (χ1) is 10.0. The highest BCUT2D eigenvalue weighted by Gasteiger charge is 2.06. The predicted octanol–water partition coefficient (Wildman–Crippen LogP) is 3.09. The van der Waals surface area contributed by atoms with Crippen LogP contribution in [0.15, 0.2) is 18.2 Å². The number of nitrogens with one attached hydrogen (secondary N) is 1. The highest BCUT2D eigenvalue weighted by atomic mass is 16.5. The molecular formula is C17H26N2O2. The van der Waals surface area contributed by atoms with Gasteiger partial charge in [0.1, 0.15) is 0 Å². The summed E-state index contributed by atoms with van der Waals surface area (Å²) in [6.07, 6.45) is 1.63. The number of aliphatic hydroxyl groups is 1. The minimum Gasteiger partial charge on any atom is -0.389 e. The summed E-state index contributed by atoms with van der Waals surface area (Å²) in [4.78, 5) is 0. The largest absolute Gasteiger partial charge is 0.389 e. The first-order valence-corrected chi connectivity index (χ1v) is 7.53. The molecule has 1 rings (SSSR count). The Hall–Kier alpha value is -1.57. The van der Waals surface area contributed by atoms with Crippen molar-refractivity contribution in [3.05, 3.63) is 29.3 Å². The van der Waals surface area contributed by atoms with Crippen molar-refractivity contribution in [1.29, 1.82) is 5.26 Å². The molecular weight excluding hydrogens is 264 g/mol. The van der Waals surface area contributed by atoms with Crippen molar-refractivity contribution in [2.24, 2.45) is 5.92 Å². The zero-order chi connectivity index (χ0) is 15.7. The number of aliphatic hydroxyl groups excluding tert-OH is 1. The number of benzene rings is 1. The molecule has 4 heteroatoms. The standard InChI is InChI=1S/C17H26N2O2/c1-13(2)5-4-8-21-12-16(20)11-19-17-9-15(10-18)7-6-14(17)3/h6-7,9,13,16,19-20H,4-5,8,11-12H2,1-3H3. The van der Waals surface area contributed by atoms with Gasteiger partial charge in [0.05, 0.1) is 24.3 Å². The zero-order valence-electron chi connectivity index (χ0n) is 13.2. The van der Waals surface area contributed by atoms with Gasteiger partial charge in [0.25, 0.3) is 0 Å². The summed E-state index contributed by atoms with van der Waals surface area (Å²) in [5.41, 5.74) is 2.55. The van der Waals surface area contributed by atoms with Crippen molar-refractivity contribution < 1.29 is 9.84 Å². The van der Waals surface area contributed by atoms with Crippen LogP contribution in [0.25, 0.3) is 0 Å². The van der Waals surface area contributed by atoms with E-state index in [-0.39, 0.29) is 0 Å². The molecule has 0 aliphatic rings. The third-order valence-corrected chi connectivity index (χ3v) is 3.28. The lowest BCUT2D eigenvalue weighted by Crippen LogP contribution is -2.25. The second-order valence-corrected chi connectivity index (χ2v) is 5.79. The van der Waals surface area contributed by atoms with E-state index in [4.69, 9.17) is 10.00 Å². The summed E-state index contributed by atoms with van der Waals surface area (Å²) in [7, 11) is 0. The van der Waals surface area contributed by atoms with E-state index in [0.717, 1.165) is 24.1 Å². The minimum atomic E-state index is -0.547. The van der Waals surface area contributed by atoms with Crippen LogP contribution in [0, 0.1) is 24.2 Å². The van der Waals surface area contributed by atoms with Crippen LogP contribution in [-0.4, -0.2) is 31.0 Å². The molecule has 0 amide bonds. The Morgan fingerprint density at radius 1 is 1.38 bits per heavy atom. The molecule has 0 aliphatic heterocycles. The van der Waals surface area contributed by atoms with Gasteiger partial charge < -0.3 is 15.2 Å². The van der Waals surface area contributed by atoms with Crippen LogP contribution in [0.5, 0.6) is 0 Å². The van der Waals surface area contributed by atoms with Crippen LogP contribution in [0.4, 0.5) is 5.69 Å². The van der Waals surface area contributed by atoms with E-state index >= 15 is 0 Å². The van der Waals surface area contributed by atoms with Crippen molar-refractivity contribution in [3.8, 4) is 6.07 Å².